The zero-order valence-electron chi connectivity index (χ0n) is 19.8. The fourth-order valence-electron chi connectivity index (χ4n) is 5.86. The maximum absolute atomic E-state index is 15.2. The number of hydrogen-bond acceptors (Lipinski definition) is 6. The first-order valence-corrected chi connectivity index (χ1v) is 11.9. The van der Waals surface area contributed by atoms with Crippen LogP contribution in [0.5, 0.6) is 0 Å². The molecule has 0 aliphatic heterocycles. The molecule has 10 heteroatoms. The van der Waals surface area contributed by atoms with E-state index in [9.17, 15) is 9.59 Å². The number of Topliss-reactive ketones (excluding diaryl/α,β-unsaturated/α-hetero) is 1. The van der Waals surface area contributed by atoms with E-state index in [0.717, 1.165) is 25.0 Å². The van der Waals surface area contributed by atoms with Gasteiger partial charge in [-0.05, 0) is 44.1 Å². The highest BCUT2D eigenvalue weighted by atomic mass is 35.5. The van der Waals surface area contributed by atoms with Gasteiger partial charge in [0.2, 0.25) is 0 Å². The van der Waals surface area contributed by atoms with Gasteiger partial charge >= 0.3 is 0 Å². The number of ketones is 1. The Morgan fingerprint density at radius 1 is 1.26 bits per heavy atom. The van der Waals surface area contributed by atoms with Crippen molar-refractivity contribution in [3.63, 3.8) is 0 Å². The minimum atomic E-state index is -0.792. The van der Waals surface area contributed by atoms with Crippen molar-refractivity contribution in [3.05, 3.63) is 51.6 Å². The van der Waals surface area contributed by atoms with Gasteiger partial charge in [0.15, 0.2) is 0 Å². The molecule has 3 aliphatic carbocycles. The molecule has 0 saturated heterocycles. The van der Waals surface area contributed by atoms with Crippen molar-refractivity contribution in [1.29, 1.82) is 0 Å². The second-order valence-corrected chi connectivity index (χ2v) is 11.0. The predicted molar refractivity (Wildman–Crippen MR) is 129 cm³/mol. The van der Waals surface area contributed by atoms with Crippen molar-refractivity contribution < 1.29 is 18.5 Å². The van der Waals surface area contributed by atoms with Crippen LogP contribution in [0.1, 0.15) is 73.5 Å². The highest BCUT2D eigenvalue weighted by Crippen LogP contribution is 2.73. The molecular weight excluding hydrogens is 473 g/mol. The fourth-order valence-corrected chi connectivity index (χ4v) is 6.14. The zero-order valence-corrected chi connectivity index (χ0v) is 20.6. The Morgan fingerprint density at radius 3 is 2.54 bits per heavy atom. The molecular formula is C25H27ClFN5O3. The summed E-state index contributed by atoms with van der Waals surface area (Å²) < 4.78 is 22.0. The van der Waals surface area contributed by atoms with E-state index in [1.807, 2.05) is 19.9 Å². The molecule has 6 rings (SSSR count). The van der Waals surface area contributed by atoms with Gasteiger partial charge in [0.05, 0.1) is 17.1 Å². The van der Waals surface area contributed by atoms with Gasteiger partial charge in [0.25, 0.3) is 5.91 Å². The number of anilines is 1. The van der Waals surface area contributed by atoms with Crippen LogP contribution in [0.15, 0.2) is 22.7 Å². The van der Waals surface area contributed by atoms with Crippen molar-refractivity contribution in [2.75, 3.05) is 5.73 Å². The molecule has 8 nitrogen and oxygen atoms in total. The number of carbonyl (C=O) groups excluding carboxylic acids is 2. The van der Waals surface area contributed by atoms with Crippen molar-refractivity contribution in [3.8, 4) is 11.3 Å². The van der Waals surface area contributed by atoms with Gasteiger partial charge < -0.3 is 16.0 Å². The maximum atomic E-state index is 15.2. The Bertz CT molecular complexity index is 1360. The maximum Gasteiger partial charge on any atom is 0.254 e. The molecule has 2 aromatic heterocycles. The first-order chi connectivity index (χ1) is 16.4. The molecule has 2 heterocycles. The molecule has 1 amide bonds. The summed E-state index contributed by atoms with van der Waals surface area (Å²) in [5, 5.41) is 8.27. The van der Waals surface area contributed by atoms with Crippen LogP contribution in [-0.4, -0.2) is 26.6 Å². The van der Waals surface area contributed by atoms with Crippen molar-refractivity contribution in [2.24, 2.45) is 11.1 Å². The van der Waals surface area contributed by atoms with E-state index in [4.69, 9.17) is 27.6 Å². The van der Waals surface area contributed by atoms with Gasteiger partial charge in [0.1, 0.15) is 34.4 Å². The zero-order chi connectivity index (χ0) is 25.3. The number of nitrogens with two attached hydrogens (primary N) is 2. The summed E-state index contributed by atoms with van der Waals surface area (Å²) in [6, 6.07) is 4.67. The number of amides is 1. The minimum Gasteiger partial charge on any atom is -0.383 e. The number of nitrogen functional groups attached to an aromatic ring is 1. The SMILES string of the molecule is CC(C)n1nc(-c2ccc(CC(=O)Cc3cc(C45CC(C)(C4)C5)no3)c(F)c2Cl)c(C(N)=O)c1N. The normalized spacial score (nSPS) is 22.7. The van der Waals surface area contributed by atoms with Gasteiger partial charge in [-0.2, -0.15) is 5.10 Å². The van der Waals surface area contributed by atoms with Gasteiger partial charge in [-0.3, -0.25) is 9.59 Å². The average Bonchev–Trinajstić information content (AvgIpc) is 3.33. The molecule has 35 heavy (non-hydrogen) atoms. The molecule has 1 aromatic carbocycles. The molecule has 3 aliphatic rings. The van der Waals surface area contributed by atoms with E-state index in [1.165, 1.54) is 16.8 Å². The second-order valence-electron chi connectivity index (χ2n) is 10.6. The van der Waals surface area contributed by atoms with Gasteiger partial charge in [-0.1, -0.05) is 35.8 Å². The lowest BCUT2D eigenvalue weighted by Gasteiger charge is -2.68. The molecule has 184 valence electrons. The molecule has 3 aromatic rings. The number of benzene rings is 1. The standard InChI is InChI=1S/C25H27ClFN5O3/c1-12(2)32-22(28)18(23(29)34)21(30-32)16-5-4-13(20(27)19(16)26)6-14(33)7-15-8-17(31-35-15)25-9-24(3,10-25)11-25/h4-5,8,12H,6-7,9-11,28H2,1-3H3,(H2,29,34). The first-order valence-electron chi connectivity index (χ1n) is 11.6. The Labute approximate surface area is 206 Å². The monoisotopic (exact) mass is 499 g/mol. The minimum absolute atomic E-state index is 0.0142. The van der Waals surface area contributed by atoms with Crippen LogP contribution >= 0.6 is 11.6 Å². The van der Waals surface area contributed by atoms with E-state index >= 15 is 4.39 Å². The Hall–Kier alpha value is -3.20. The molecule has 3 saturated carbocycles. The molecule has 0 spiro atoms. The van der Waals surface area contributed by atoms with E-state index in [1.54, 1.807) is 0 Å². The van der Waals surface area contributed by atoms with Crippen molar-refractivity contribution in [1.82, 2.24) is 14.9 Å². The number of hydrogen-bond donors (Lipinski definition) is 2. The molecule has 4 N–H and O–H groups in total. The molecule has 0 unspecified atom stereocenters. The number of rotatable bonds is 8. The van der Waals surface area contributed by atoms with E-state index in [-0.39, 0.29) is 63.3 Å². The van der Waals surface area contributed by atoms with Crippen LogP contribution in [0.25, 0.3) is 11.3 Å². The van der Waals surface area contributed by atoms with Crippen LogP contribution in [-0.2, 0) is 23.1 Å². The predicted octanol–water partition coefficient (Wildman–Crippen LogP) is 4.39. The molecule has 3 fully saturated rings. The summed E-state index contributed by atoms with van der Waals surface area (Å²) in [6.45, 7) is 5.94. The van der Waals surface area contributed by atoms with Crippen LogP contribution in [0.3, 0.4) is 0 Å². The van der Waals surface area contributed by atoms with Gasteiger partial charge in [-0.15, -0.1) is 0 Å². The number of halogens is 2. The Morgan fingerprint density at radius 2 is 1.94 bits per heavy atom. The third-order valence-corrected chi connectivity index (χ3v) is 7.63. The fraction of sp³-hybridized carbons (Fsp3) is 0.440. The lowest BCUT2D eigenvalue weighted by Crippen LogP contribution is -2.63. The average molecular weight is 500 g/mol. The second kappa shape index (κ2) is 7.91. The summed E-state index contributed by atoms with van der Waals surface area (Å²) >= 11 is 6.33. The topological polar surface area (TPSA) is 130 Å². The third-order valence-electron chi connectivity index (χ3n) is 7.26. The number of nitrogens with zero attached hydrogens (tertiary/aromatic N) is 3. The highest BCUT2D eigenvalue weighted by molar-refractivity contribution is 6.33. The summed E-state index contributed by atoms with van der Waals surface area (Å²) in [7, 11) is 0. The summed E-state index contributed by atoms with van der Waals surface area (Å²) in [5.74, 6) is -1.22. The summed E-state index contributed by atoms with van der Waals surface area (Å²) in [6.07, 6.45) is 3.16. The quantitative estimate of drug-likeness (QED) is 0.472. The molecule has 2 bridgehead atoms. The smallest absolute Gasteiger partial charge is 0.254 e. The largest absolute Gasteiger partial charge is 0.383 e. The Kier molecular flexibility index (Phi) is 5.32. The lowest BCUT2D eigenvalue weighted by atomic mass is 9.35. The summed E-state index contributed by atoms with van der Waals surface area (Å²) in [4.78, 5) is 24.7. The van der Waals surface area contributed by atoms with Crippen LogP contribution in [0.4, 0.5) is 10.2 Å². The Balaban J connectivity index is 1.34. The van der Waals surface area contributed by atoms with Crippen LogP contribution in [0, 0.1) is 11.2 Å². The van der Waals surface area contributed by atoms with Gasteiger partial charge in [0, 0.05) is 29.5 Å². The van der Waals surface area contributed by atoms with E-state index in [2.05, 4.69) is 17.2 Å². The van der Waals surface area contributed by atoms with Crippen LogP contribution < -0.4 is 11.5 Å². The highest BCUT2D eigenvalue weighted by Gasteiger charge is 2.66. The molecule has 0 atom stereocenters. The van der Waals surface area contributed by atoms with Crippen molar-refractivity contribution in [2.45, 2.75) is 64.3 Å². The number of primary amides is 1. The number of carbonyl (C=O) groups is 2. The van der Waals surface area contributed by atoms with E-state index < -0.39 is 11.7 Å². The third kappa shape index (κ3) is 3.73. The lowest BCUT2D eigenvalue weighted by molar-refractivity contribution is -0.129. The van der Waals surface area contributed by atoms with E-state index in [0.29, 0.717) is 11.2 Å². The number of aromatic nitrogens is 3. The van der Waals surface area contributed by atoms with Crippen molar-refractivity contribution >= 4 is 29.1 Å². The summed E-state index contributed by atoms with van der Waals surface area (Å²) in [5.41, 5.74) is 13.4. The molecule has 0 radical (unpaired) electrons. The first kappa shape index (κ1) is 23.5. The van der Waals surface area contributed by atoms with Crippen LogP contribution in [0.2, 0.25) is 5.02 Å². The van der Waals surface area contributed by atoms with Gasteiger partial charge in [-0.25, -0.2) is 9.07 Å².